The van der Waals surface area contributed by atoms with Crippen LogP contribution < -0.4 is 4.90 Å². The predicted molar refractivity (Wildman–Crippen MR) is 199 cm³/mol. The summed E-state index contributed by atoms with van der Waals surface area (Å²) in [5, 5.41) is 5.40. The Morgan fingerprint density at radius 2 is 1.50 bits per heavy atom. The summed E-state index contributed by atoms with van der Waals surface area (Å²) in [5.41, 5.74) is 8.20. The molecule has 4 aromatic carbocycles. The predicted octanol–water partition coefficient (Wildman–Crippen LogP) is 11.5. The van der Waals surface area contributed by atoms with Crippen LogP contribution in [0.3, 0.4) is 0 Å². The second-order valence-electron chi connectivity index (χ2n) is 14.7. The van der Waals surface area contributed by atoms with Gasteiger partial charge >= 0.3 is 0 Å². The first kappa shape index (κ1) is 30.7. The molecule has 1 aliphatic carbocycles. The first-order valence-electron chi connectivity index (χ1n) is 17.8. The average Bonchev–Trinajstić information content (AvgIpc) is 3.72. The molecular formula is C44H51N2+. The van der Waals surface area contributed by atoms with Crippen molar-refractivity contribution in [1.29, 1.82) is 0 Å². The summed E-state index contributed by atoms with van der Waals surface area (Å²) in [5.74, 6) is 0.961. The lowest BCUT2D eigenvalue weighted by Crippen LogP contribution is -2.28. The molecule has 2 nitrogen and oxygen atoms in total. The van der Waals surface area contributed by atoms with E-state index in [4.69, 9.17) is 0 Å². The van der Waals surface area contributed by atoms with E-state index in [0.29, 0.717) is 0 Å². The molecule has 0 amide bonds. The fourth-order valence-electron chi connectivity index (χ4n) is 9.11. The number of likely N-dealkylation sites (N-methyl/N-ethyl adjacent to an activating group) is 1. The molecular weight excluding hydrogens is 556 g/mol. The van der Waals surface area contributed by atoms with Gasteiger partial charge in [-0.05, 0) is 91.8 Å². The third-order valence-corrected chi connectivity index (χ3v) is 11.5. The second-order valence-corrected chi connectivity index (χ2v) is 14.7. The van der Waals surface area contributed by atoms with Gasteiger partial charge in [-0.3, -0.25) is 0 Å². The number of nitrogens with zero attached hydrogens (tertiary/aromatic N) is 2. The zero-order chi connectivity index (χ0) is 31.9. The van der Waals surface area contributed by atoms with Crippen LogP contribution in [0.2, 0.25) is 0 Å². The quantitative estimate of drug-likeness (QED) is 0.104. The fraction of sp³-hybridized carbons (Fsp3) is 0.386. The molecule has 0 N–H and O–H groups in total. The van der Waals surface area contributed by atoms with E-state index in [-0.39, 0.29) is 10.8 Å². The second kappa shape index (κ2) is 12.4. The molecule has 4 aromatic rings. The molecule has 46 heavy (non-hydrogen) atoms. The van der Waals surface area contributed by atoms with Crippen molar-refractivity contribution in [3.05, 3.63) is 120 Å². The molecule has 236 valence electrons. The Kier molecular flexibility index (Phi) is 8.26. The van der Waals surface area contributed by atoms with Crippen LogP contribution in [0.1, 0.15) is 90.2 Å². The fourth-order valence-corrected chi connectivity index (χ4v) is 9.11. The molecule has 1 fully saturated rings. The van der Waals surface area contributed by atoms with Crippen molar-refractivity contribution in [3.63, 3.8) is 0 Å². The maximum Gasteiger partial charge on any atom is 0.210 e. The van der Waals surface area contributed by atoms with Crippen molar-refractivity contribution in [2.45, 2.75) is 89.9 Å². The van der Waals surface area contributed by atoms with E-state index in [9.17, 15) is 0 Å². The number of hydrogen-bond acceptors (Lipinski definition) is 1. The first-order chi connectivity index (χ1) is 22.3. The van der Waals surface area contributed by atoms with Gasteiger partial charge in [0, 0.05) is 48.0 Å². The van der Waals surface area contributed by atoms with Gasteiger partial charge < -0.3 is 4.90 Å². The maximum absolute atomic E-state index is 2.66. The van der Waals surface area contributed by atoms with Crippen LogP contribution in [0.4, 0.5) is 11.4 Å². The molecule has 7 rings (SSSR count). The number of fused-ring (bicyclic) bond motifs is 6. The summed E-state index contributed by atoms with van der Waals surface area (Å²) in [4.78, 5) is 2.43. The van der Waals surface area contributed by atoms with E-state index in [1.165, 1.54) is 100 Å². The van der Waals surface area contributed by atoms with Gasteiger partial charge in [0.05, 0.1) is 5.41 Å². The van der Waals surface area contributed by atoms with Crippen LogP contribution in [0.5, 0.6) is 0 Å². The van der Waals surface area contributed by atoms with Gasteiger partial charge in [0.1, 0.15) is 6.54 Å². The van der Waals surface area contributed by atoms with E-state index in [2.05, 4.69) is 147 Å². The SMILES string of the molecule is CC=CCC1(C)C(=CC=CC2=[N+](CCCCC3CCCC3)c3ccc4ccccc4c3C2(C)C)N(C)c2ccc3ccccc3c21. The minimum atomic E-state index is -0.114. The first-order valence-corrected chi connectivity index (χ1v) is 17.8. The van der Waals surface area contributed by atoms with Gasteiger partial charge in [0.15, 0.2) is 5.71 Å². The number of allylic oxidation sites excluding steroid dienone is 6. The van der Waals surface area contributed by atoms with E-state index < -0.39 is 0 Å². The molecule has 2 heterocycles. The molecule has 0 aromatic heterocycles. The van der Waals surface area contributed by atoms with E-state index in [1.807, 2.05) is 0 Å². The number of benzene rings is 4. The van der Waals surface area contributed by atoms with Gasteiger partial charge in [0.25, 0.3) is 0 Å². The molecule has 0 radical (unpaired) electrons. The topological polar surface area (TPSA) is 6.25 Å². The number of anilines is 1. The zero-order valence-electron chi connectivity index (χ0n) is 28.7. The van der Waals surface area contributed by atoms with Crippen LogP contribution in [0.25, 0.3) is 21.5 Å². The monoisotopic (exact) mass is 607 g/mol. The summed E-state index contributed by atoms with van der Waals surface area (Å²) in [7, 11) is 2.25. The Labute approximate surface area is 276 Å². The molecule has 1 saturated carbocycles. The standard InChI is InChI=1S/C44H51N2/c1-6-7-30-44(4)40(45(5)37-28-26-34-21-11-13-23-36(34)42(37)44)25-16-24-39-43(2,3)41-35-22-12-10-20-33(35)27-29-38(41)46(39)31-15-14-19-32-17-8-9-18-32/h6-7,10-13,16,20-29,32H,8-9,14-15,17-19,30-31H2,1-5H3/q+1. The molecule has 3 aliphatic rings. The van der Waals surface area contributed by atoms with Crippen LogP contribution >= 0.6 is 0 Å². The lowest BCUT2D eigenvalue weighted by atomic mass is 9.76. The van der Waals surface area contributed by atoms with Crippen LogP contribution in [0, 0.1) is 5.92 Å². The number of unbranched alkanes of at least 4 members (excludes halogenated alkanes) is 1. The lowest BCUT2D eigenvalue weighted by Gasteiger charge is -2.28. The molecule has 1 atom stereocenters. The Bertz CT molecular complexity index is 1890. The minimum absolute atomic E-state index is 0.0916. The van der Waals surface area contributed by atoms with Crippen molar-refractivity contribution in [3.8, 4) is 0 Å². The van der Waals surface area contributed by atoms with Gasteiger partial charge in [-0.15, -0.1) is 0 Å². The highest BCUT2D eigenvalue weighted by Gasteiger charge is 2.46. The Morgan fingerprint density at radius 3 is 2.22 bits per heavy atom. The van der Waals surface area contributed by atoms with Gasteiger partial charge in [-0.1, -0.05) is 105 Å². The van der Waals surface area contributed by atoms with E-state index in [1.54, 1.807) is 0 Å². The number of hydrogen-bond donors (Lipinski definition) is 0. The average molecular weight is 608 g/mol. The molecule has 2 heteroatoms. The summed E-state index contributed by atoms with van der Waals surface area (Å²) in [6.45, 7) is 10.5. The molecule has 0 saturated heterocycles. The van der Waals surface area contributed by atoms with Crippen molar-refractivity contribution >= 4 is 38.6 Å². The van der Waals surface area contributed by atoms with Gasteiger partial charge in [0.2, 0.25) is 5.69 Å². The highest BCUT2D eigenvalue weighted by Crippen LogP contribution is 2.52. The van der Waals surface area contributed by atoms with Crippen molar-refractivity contribution in [2.24, 2.45) is 5.92 Å². The Morgan fingerprint density at radius 1 is 0.826 bits per heavy atom. The maximum atomic E-state index is 2.66. The van der Waals surface area contributed by atoms with Crippen LogP contribution in [-0.4, -0.2) is 23.9 Å². The Hall–Kier alpha value is -3.91. The number of rotatable bonds is 9. The normalized spacial score (nSPS) is 22.0. The molecule has 2 aliphatic heterocycles. The third-order valence-electron chi connectivity index (χ3n) is 11.5. The van der Waals surface area contributed by atoms with Crippen LogP contribution in [-0.2, 0) is 10.8 Å². The highest BCUT2D eigenvalue weighted by molar-refractivity contribution is 6.07. The van der Waals surface area contributed by atoms with Gasteiger partial charge in [-0.2, -0.15) is 4.58 Å². The highest BCUT2D eigenvalue weighted by atomic mass is 15.2. The summed E-state index contributed by atoms with van der Waals surface area (Å²) in [6, 6.07) is 27.1. The minimum Gasteiger partial charge on any atom is -0.347 e. The Balaban J connectivity index is 1.28. The largest absolute Gasteiger partial charge is 0.347 e. The smallest absolute Gasteiger partial charge is 0.210 e. The molecule has 0 spiro atoms. The van der Waals surface area contributed by atoms with E-state index >= 15 is 0 Å². The molecule has 0 bridgehead atoms. The van der Waals surface area contributed by atoms with Crippen molar-refractivity contribution < 1.29 is 4.58 Å². The summed E-state index contributed by atoms with van der Waals surface area (Å²) >= 11 is 0. The summed E-state index contributed by atoms with van der Waals surface area (Å²) < 4.78 is 2.66. The third kappa shape index (κ3) is 5.15. The summed E-state index contributed by atoms with van der Waals surface area (Å²) in [6.07, 6.45) is 22.4. The van der Waals surface area contributed by atoms with Crippen molar-refractivity contribution in [2.75, 3.05) is 18.5 Å². The lowest BCUT2D eigenvalue weighted by molar-refractivity contribution is -0.438. The van der Waals surface area contributed by atoms with Gasteiger partial charge in [-0.25, -0.2) is 0 Å². The zero-order valence-corrected chi connectivity index (χ0v) is 28.7. The van der Waals surface area contributed by atoms with Crippen LogP contribution in [0.15, 0.2) is 109 Å². The molecule has 1 unspecified atom stereocenters. The van der Waals surface area contributed by atoms with Crippen molar-refractivity contribution in [1.82, 2.24) is 0 Å². The van der Waals surface area contributed by atoms with E-state index in [0.717, 1.165) is 18.9 Å².